The number of likely N-dealkylation sites (tertiary alicyclic amines) is 1. The van der Waals surface area contributed by atoms with Crippen molar-refractivity contribution in [1.29, 1.82) is 0 Å². The van der Waals surface area contributed by atoms with Crippen molar-refractivity contribution in [3.63, 3.8) is 0 Å². The number of carbonyl (C=O) groups is 1. The predicted octanol–water partition coefficient (Wildman–Crippen LogP) is 0.0895. The fraction of sp³-hybridized carbons (Fsp3) is 0.875. The molecule has 1 heterocycles. The molecule has 2 amide bonds. The Morgan fingerprint density at radius 2 is 2.17 bits per heavy atom. The summed E-state index contributed by atoms with van der Waals surface area (Å²) in [4.78, 5) is 14.8. The highest BCUT2D eigenvalue weighted by Gasteiger charge is 2.31. The van der Waals surface area contributed by atoms with Crippen LogP contribution in [0.4, 0.5) is 4.79 Å². The first kappa shape index (κ1) is 9.32. The van der Waals surface area contributed by atoms with Gasteiger partial charge in [0.2, 0.25) is 0 Å². The first-order valence-electron chi connectivity index (χ1n) is 4.25. The van der Waals surface area contributed by atoms with Crippen molar-refractivity contribution >= 4 is 6.03 Å². The Balaban J connectivity index is 2.56. The Morgan fingerprint density at radius 3 is 2.42 bits per heavy atom. The molecule has 2 N–H and O–H groups in total. The number of primary amides is 1. The molecule has 1 unspecified atom stereocenters. The Labute approximate surface area is 73.3 Å². The predicted molar refractivity (Wildman–Crippen MR) is 47.8 cm³/mol. The van der Waals surface area contributed by atoms with Crippen LogP contribution < -0.4 is 5.73 Å². The van der Waals surface area contributed by atoms with Gasteiger partial charge in [0, 0.05) is 18.6 Å². The first-order valence-corrected chi connectivity index (χ1v) is 4.25. The van der Waals surface area contributed by atoms with E-state index < -0.39 is 0 Å². The van der Waals surface area contributed by atoms with Gasteiger partial charge in [-0.1, -0.05) is 0 Å². The summed E-state index contributed by atoms with van der Waals surface area (Å²) in [6, 6.07) is 0.453. The number of carbonyl (C=O) groups excluding carboxylic acids is 1. The Bertz CT molecular complexity index is 181. The molecule has 12 heavy (non-hydrogen) atoms. The molecule has 2 atom stereocenters. The quantitative estimate of drug-likeness (QED) is 0.608. The smallest absolute Gasteiger partial charge is 0.315 e. The average molecular weight is 171 g/mol. The molecule has 0 aliphatic carbocycles. The number of hydrogen-bond donors (Lipinski definition) is 1. The molecule has 1 fully saturated rings. The summed E-state index contributed by atoms with van der Waals surface area (Å²) in [5, 5.41) is 0. The van der Waals surface area contributed by atoms with E-state index in [9.17, 15) is 4.79 Å². The molecule has 1 rings (SSSR count). The molecule has 4 nitrogen and oxygen atoms in total. The molecule has 4 heteroatoms. The molecule has 0 radical (unpaired) electrons. The maximum Gasteiger partial charge on any atom is 0.315 e. The third-order valence-electron chi connectivity index (χ3n) is 2.57. The van der Waals surface area contributed by atoms with E-state index in [0.29, 0.717) is 6.04 Å². The lowest BCUT2D eigenvalue weighted by atomic mass is 10.2. The molecular formula is C8H17N3O. The normalized spacial score (nSPS) is 29.8. The van der Waals surface area contributed by atoms with Crippen molar-refractivity contribution in [1.82, 2.24) is 9.80 Å². The molecule has 1 aliphatic heterocycles. The van der Waals surface area contributed by atoms with Crippen LogP contribution in [0.25, 0.3) is 0 Å². The van der Waals surface area contributed by atoms with Crippen LogP contribution >= 0.6 is 0 Å². The lowest BCUT2D eigenvalue weighted by Crippen LogP contribution is -2.39. The second-order valence-corrected chi connectivity index (χ2v) is 3.69. The van der Waals surface area contributed by atoms with E-state index in [2.05, 4.69) is 4.90 Å². The number of rotatable bonds is 1. The number of amides is 2. The number of hydrogen-bond acceptors (Lipinski definition) is 2. The summed E-state index contributed by atoms with van der Waals surface area (Å²) in [6.45, 7) is 2.80. The summed E-state index contributed by atoms with van der Waals surface area (Å²) < 4.78 is 0. The van der Waals surface area contributed by atoms with Crippen molar-refractivity contribution in [2.24, 2.45) is 5.73 Å². The maximum absolute atomic E-state index is 10.9. The summed E-state index contributed by atoms with van der Waals surface area (Å²) in [7, 11) is 4.06. The van der Waals surface area contributed by atoms with E-state index in [-0.39, 0.29) is 12.1 Å². The van der Waals surface area contributed by atoms with Crippen molar-refractivity contribution < 1.29 is 4.79 Å². The SMILES string of the molecule is CC1C[C@H](N(C)C)CN1C(N)=O. The molecular weight excluding hydrogens is 154 g/mol. The van der Waals surface area contributed by atoms with Gasteiger partial charge in [-0.2, -0.15) is 0 Å². The number of urea groups is 1. The zero-order chi connectivity index (χ0) is 9.30. The first-order chi connectivity index (χ1) is 5.52. The highest BCUT2D eigenvalue weighted by molar-refractivity contribution is 5.72. The lowest BCUT2D eigenvalue weighted by molar-refractivity contribution is 0.202. The molecule has 0 aromatic carbocycles. The Kier molecular flexibility index (Phi) is 2.57. The zero-order valence-corrected chi connectivity index (χ0v) is 7.95. The molecule has 70 valence electrons. The molecule has 0 aromatic rings. The second kappa shape index (κ2) is 3.31. The van der Waals surface area contributed by atoms with E-state index in [4.69, 9.17) is 5.73 Å². The second-order valence-electron chi connectivity index (χ2n) is 3.69. The minimum absolute atomic E-state index is 0.287. The van der Waals surface area contributed by atoms with Crippen LogP contribution in [-0.4, -0.2) is 48.6 Å². The number of likely N-dealkylation sites (N-methyl/N-ethyl adjacent to an activating group) is 1. The summed E-state index contributed by atoms with van der Waals surface area (Å²) >= 11 is 0. The van der Waals surface area contributed by atoms with Gasteiger partial charge in [-0.3, -0.25) is 0 Å². The summed E-state index contributed by atoms with van der Waals surface area (Å²) in [5.41, 5.74) is 5.22. The van der Waals surface area contributed by atoms with E-state index in [1.165, 1.54) is 0 Å². The van der Waals surface area contributed by atoms with Crippen molar-refractivity contribution in [3.05, 3.63) is 0 Å². The topological polar surface area (TPSA) is 49.6 Å². The molecule has 0 bridgehead atoms. The largest absolute Gasteiger partial charge is 0.351 e. The van der Waals surface area contributed by atoms with Crippen molar-refractivity contribution in [3.8, 4) is 0 Å². The van der Waals surface area contributed by atoms with Gasteiger partial charge in [0.15, 0.2) is 0 Å². The standard InChI is InChI=1S/C8H17N3O/c1-6-4-7(10(2)3)5-11(6)8(9)12/h6-7H,4-5H2,1-3H3,(H2,9,12)/t6?,7-/m0/s1. The third-order valence-corrected chi connectivity index (χ3v) is 2.57. The van der Waals surface area contributed by atoms with E-state index in [1.807, 2.05) is 21.0 Å². The summed E-state index contributed by atoms with van der Waals surface area (Å²) in [6.07, 6.45) is 1.02. The number of nitrogens with zero attached hydrogens (tertiary/aromatic N) is 2. The van der Waals surface area contributed by atoms with Crippen LogP contribution in [-0.2, 0) is 0 Å². The Hall–Kier alpha value is -0.770. The van der Waals surface area contributed by atoms with Gasteiger partial charge < -0.3 is 15.5 Å². The van der Waals surface area contributed by atoms with E-state index in [0.717, 1.165) is 13.0 Å². The van der Waals surface area contributed by atoms with Gasteiger partial charge in [-0.05, 0) is 27.4 Å². The third kappa shape index (κ3) is 1.69. The van der Waals surface area contributed by atoms with Crippen LogP contribution in [0.1, 0.15) is 13.3 Å². The molecule has 0 saturated carbocycles. The lowest BCUT2D eigenvalue weighted by Gasteiger charge is -2.19. The summed E-state index contributed by atoms with van der Waals surface area (Å²) in [5.74, 6) is 0. The minimum atomic E-state index is -0.299. The van der Waals surface area contributed by atoms with Gasteiger partial charge in [0.1, 0.15) is 0 Å². The van der Waals surface area contributed by atoms with Crippen molar-refractivity contribution in [2.75, 3.05) is 20.6 Å². The van der Waals surface area contributed by atoms with Crippen LogP contribution in [0, 0.1) is 0 Å². The van der Waals surface area contributed by atoms with Gasteiger partial charge in [0.05, 0.1) is 0 Å². The van der Waals surface area contributed by atoms with E-state index in [1.54, 1.807) is 4.90 Å². The van der Waals surface area contributed by atoms with Gasteiger partial charge >= 0.3 is 6.03 Å². The average Bonchev–Trinajstić information content (AvgIpc) is 2.30. The maximum atomic E-state index is 10.9. The van der Waals surface area contributed by atoms with Crippen molar-refractivity contribution in [2.45, 2.75) is 25.4 Å². The fourth-order valence-corrected chi connectivity index (χ4v) is 1.68. The van der Waals surface area contributed by atoms with Crippen LogP contribution in [0.3, 0.4) is 0 Å². The van der Waals surface area contributed by atoms with Crippen LogP contribution in [0.2, 0.25) is 0 Å². The minimum Gasteiger partial charge on any atom is -0.351 e. The zero-order valence-electron chi connectivity index (χ0n) is 7.95. The molecule has 0 aromatic heterocycles. The van der Waals surface area contributed by atoms with E-state index >= 15 is 0 Å². The van der Waals surface area contributed by atoms with Gasteiger partial charge in [-0.25, -0.2) is 4.79 Å². The number of nitrogens with two attached hydrogens (primary N) is 1. The van der Waals surface area contributed by atoms with Crippen LogP contribution in [0.5, 0.6) is 0 Å². The Morgan fingerprint density at radius 1 is 1.58 bits per heavy atom. The highest BCUT2D eigenvalue weighted by atomic mass is 16.2. The molecule has 1 saturated heterocycles. The van der Waals surface area contributed by atoms with Crippen LogP contribution in [0.15, 0.2) is 0 Å². The van der Waals surface area contributed by atoms with Gasteiger partial charge in [0.25, 0.3) is 0 Å². The van der Waals surface area contributed by atoms with Gasteiger partial charge in [-0.15, -0.1) is 0 Å². The molecule has 0 spiro atoms. The monoisotopic (exact) mass is 171 g/mol. The fourth-order valence-electron chi connectivity index (χ4n) is 1.68. The molecule has 1 aliphatic rings. The highest BCUT2D eigenvalue weighted by Crippen LogP contribution is 2.19.